The van der Waals surface area contributed by atoms with Crippen molar-refractivity contribution in [1.82, 2.24) is 0 Å². The molecule has 10 heteroatoms. The molecule has 3 rings (SSSR count). The first kappa shape index (κ1) is 26.7. The van der Waals surface area contributed by atoms with Crippen molar-refractivity contribution in [3.05, 3.63) is 106 Å². The van der Waals surface area contributed by atoms with Gasteiger partial charge >= 0.3 is 5.97 Å². The number of rotatable bonds is 8. The predicted octanol–water partition coefficient (Wildman–Crippen LogP) is 3.62. The second-order valence-electron chi connectivity index (χ2n) is 8.01. The Kier molecular flexibility index (Phi) is 9.43. The van der Waals surface area contributed by atoms with Gasteiger partial charge in [0, 0.05) is 17.7 Å². The van der Waals surface area contributed by atoms with Gasteiger partial charge in [0.2, 0.25) is 0 Å². The number of carbonyl (C=O) groups excluding carboxylic acids is 1. The summed E-state index contributed by atoms with van der Waals surface area (Å²) in [6.45, 7) is 2.13. The molecule has 3 aromatic rings. The number of nitro benzene ring substituents is 1. The maximum Gasteiger partial charge on any atom is 0.338 e. The minimum absolute atomic E-state index is 0.254. The standard InChI is InChI=1S/C18H22NO2.C6H5NO5S/c1-19(2,15-16-9-5-3-6-10-16)13-14-21-18(20)17-11-7-4-8-12-17;8-7(9)5-2-1-3-6(4-5)13(10,11)12/h3-12H,13-15H2,1-2H3;1-4H,(H,10,11,12)/q+1;/p-1. The maximum absolute atomic E-state index is 11.9. The molecule has 0 aliphatic heterocycles. The van der Waals surface area contributed by atoms with E-state index in [1.165, 1.54) is 5.56 Å². The molecular weight excluding hydrogens is 460 g/mol. The SMILES string of the molecule is C[N+](C)(CCOC(=O)c1ccccc1)Cc1ccccc1.O=[N+]([O-])c1cccc(S(=O)(=O)[O-])c1. The molecule has 3 aromatic carbocycles. The third kappa shape index (κ3) is 9.10. The van der Waals surface area contributed by atoms with Crippen LogP contribution in [0.25, 0.3) is 0 Å². The lowest BCUT2D eigenvalue weighted by Gasteiger charge is -2.29. The van der Waals surface area contributed by atoms with Gasteiger partial charge in [-0.05, 0) is 18.2 Å². The summed E-state index contributed by atoms with van der Waals surface area (Å²) in [5.41, 5.74) is 1.47. The van der Waals surface area contributed by atoms with Crippen LogP contribution in [0.2, 0.25) is 0 Å². The summed E-state index contributed by atoms with van der Waals surface area (Å²) in [6.07, 6.45) is 0. The number of nitro groups is 1. The molecule has 34 heavy (non-hydrogen) atoms. The van der Waals surface area contributed by atoms with Gasteiger partial charge in [0.1, 0.15) is 29.8 Å². The van der Waals surface area contributed by atoms with Crippen molar-refractivity contribution in [2.45, 2.75) is 11.4 Å². The normalized spacial score (nSPS) is 11.1. The van der Waals surface area contributed by atoms with Crippen LogP contribution in [0, 0.1) is 10.1 Å². The van der Waals surface area contributed by atoms with E-state index < -0.39 is 25.6 Å². The Morgan fingerprint density at radius 1 is 0.941 bits per heavy atom. The highest BCUT2D eigenvalue weighted by Gasteiger charge is 2.17. The molecule has 0 N–H and O–H groups in total. The van der Waals surface area contributed by atoms with E-state index in [2.05, 4.69) is 26.2 Å². The zero-order valence-electron chi connectivity index (χ0n) is 18.9. The molecule has 0 saturated heterocycles. The number of esters is 1. The van der Waals surface area contributed by atoms with Crippen molar-refractivity contribution < 1.29 is 31.9 Å². The molecule has 0 unspecified atom stereocenters. The highest BCUT2D eigenvalue weighted by atomic mass is 32.2. The molecule has 0 saturated carbocycles. The lowest BCUT2D eigenvalue weighted by atomic mass is 10.2. The smallest absolute Gasteiger partial charge is 0.338 e. The first-order valence-electron chi connectivity index (χ1n) is 10.3. The van der Waals surface area contributed by atoms with Gasteiger partial charge in [0.05, 0.1) is 29.5 Å². The number of hydrogen-bond donors (Lipinski definition) is 0. The number of quaternary nitrogens is 1. The molecule has 0 amide bonds. The number of carbonyl (C=O) groups is 1. The lowest BCUT2D eigenvalue weighted by molar-refractivity contribution is -0.903. The van der Waals surface area contributed by atoms with Gasteiger partial charge in [-0.1, -0.05) is 54.6 Å². The largest absolute Gasteiger partial charge is 0.744 e. The molecule has 0 bridgehead atoms. The van der Waals surface area contributed by atoms with Crippen LogP contribution in [0.5, 0.6) is 0 Å². The van der Waals surface area contributed by atoms with Gasteiger partial charge in [-0.3, -0.25) is 10.1 Å². The summed E-state index contributed by atoms with van der Waals surface area (Å²) < 4.78 is 37.4. The summed E-state index contributed by atoms with van der Waals surface area (Å²) >= 11 is 0. The molecule has 0 spiro atoms. The first-order valence-corrected chi connectivity index (χ1v) is 11.7. The van der Waals surface area contributed by atoms with Crippen molar-refractivity contribution in [3.8, 4) is 0 Å². The molecule has 0 aliphatic carbocycles. The molecule has 180 valence electrons. The highest BCUT2D eigenvalue weighted by Crippen LogP contribution is 2.16. The third-order valence-corrected chi connectivity index (χ3v) is 5.54. The highest BCUT2D eigenvalue weighted by molar-refractivity contribution is 7.85. The Labute approximate surface area is 198 Å². The topological polar surface area (TPSA) is 127 Å². The Morgan fingerprint density at radius 3 is 2.09 bits per heavy atom. The summed E-state index contributed by atoms with van der Waals surface area (Å²) in [7, 11) is -0.329. The van der Waals surface area contributed by atoms with Crippen molar-refractivity contribution in [2.75, 3.05) is 27.2 Å². The average molecular weight is 487 g/mol. The zero-order valence-corrected chi connectivity index (χ0v) is 19.7. The van der Waals surface area contributed by atoms with E-state index in [1.54, 1.807) is 12.1 Å². The fourth-order valence-corrected chi connectivity index (χ4v) is 3.46. The molecular formula is C24H26N2O7S. The second-order valence-corrected chi connectivity index (χ2v) is 9.39. The maximum atomic E-state index is 11.9. The summed E-state index contributed by atoms with van der Waals surface area (Å²) in [5.74, 6) is -0.254. The van der Waals surface area contributed by atoms with Crippen molar-refractivity contribution >= 4 is 21.8 Å². The van der Waals surface area contributed by atoms with E-state index >= 15 is 0 Å². The van der Waals surface area contributed by atoms with Gasteiger partial charge in [-0.25, -0.2) is 13.2 Å². The number of non-ortho nitro benzene ring substituents is 1. The fourth-order valence-electron chi connectivity index (χ4n) is 2.95. The van der Waals surface area contributed by atoms with Crippen LogP contribution in [-0.4, -0.2) is 55.6 Å². The minimum atomic E-state index is -4.61. The Morgan fingerprint density at radius 2 is 1.53 bits per heavy atom. The number of ether oxygens (including phenoxy) is 1. The second kappa shape index (κ2) is 12.0. The van der Waals surface area contributed by atoms with Crippen LogP contribution < -0.4 is 0 Å². The van der Waals surface area contributed by atoms with E-state index in [-0.39, 0.29) is 5.97 Å². The van der Waals surface area contributed by atoms with E-state index in [0.29, 0.717) is 12.2 Å². The zero-order chi connectivity index (χ0) is 25.2. The number of nitrogens with zero attached hydrogens (tertiary/aromatic N) is 2. The Bertz CT molecular complexity index is 1200. The summed E-state index contributed by atoms with van der Waals surface area (Å²) in [6, 6.07) is 23.4. The third-order valence-electron chi connectivity index (χ3n) is 4.71. The molecule has 0 aromatic heterocycles. The van der Waals surface area contributed by atoms with Crippen molar-refractivity contribution in [1.29, 1.82) is 0 Å². The van der Waals surface area contributed by atoms with Crippen LogP contribution in [0.15, 0.2) is 89.8 Å². The number of benzene rings is 3. The molecule has 0 aliphatic rings. The van der Waals surface area contributed by atoms with Crippen molar-refractivity contribution in [2.24, 2.45) is 0 Å². The van der Waals surface area contributed by atoms with Gasteiger partial charge in [-0.2, -0.15) is 0 Å². The van der Waals surface area contributed by atoms with E-state index in [0.717, 1.165) is 41.8 Å². The van der Waals surface area contributed by atoms with E-state index in [9.17, 15) is 27.9 Å². The molecule has 0 radical (unpaired) electrons. The summed E-state index contributed by atoms with van der Waals surface area (Å²) in [5, 5.41) is 10.2. The van der Waals surface area contributed by atoms with Gasteiger partial charge in [0.25, 0.3) is 5.69 Å². The van der Waals surface area contributed by atoms with Gasteiger partial charge < -0.3 is 13.8 Å². The van der Waals surface area contributed by atoms with Crippen LogP contribution in [0.1, 0.15) is 15.9 Å². The molecule has 0 atom stereocenters. The van der Waals surface area contributed by atoms with Crippen LogP contribution in [0.4, 0.5) is 5.69 Å². The predicted molar refractivity (Wildman–Crippen MR) is 125 cm³/mol. The van der Waals surface area contributed by atoms with Crippen LogP contribution >= 0.6 is 0 Å². The number of likely N-dealkylation sites (N-methyl/N-ethyl adjacent to an activating group) is 1. The van der Waals surface area contributed by atoms with Gasteiger partial charge in [-0.15, -0.1) is 0 Å². The van der Waals surface area contributed by atoms with Crippen LogP contribution in [0.3, 0.4) is 0 Å². The van der Waals surface area contributed by atoms with Crippen LogP contribution in [-0.2, 0) is 21.4 Å². The molecule has 0 fully saturated rings. The number of hydrogen-bond acceptors (Lipinski definition) is 7. The first-order chi connectivity index (χ1) is 16.0. The molecule has 0 heterocycles. The summed E-state index contributed by atoms with van der Waals surface area (Å²) in [4.78, 5) is 20.7. The van der Waals surface area contributed by atoms with E-state index in [1.807, 2.05) is 36.4 Å². The molecule has 9 nitrogen and oxygen atoms in total. The van der Waals surface area contributed by atoms with Crippen molar-refractivity contribution in [3.63, 3.8) is 0 Å². The van der Waals surface area contributed by atoms with E-state index in [4.69, 9.17) is 4.74 Å². The quantitative estimate of drug-likeness (QED) is 0.156. The average Bonchev–Trinajstić information content (AvgIpc) is 2.80. The monoisotopic (exact) mass is 486 g/mol. The van der Waals surface area contributed by atoms with Gasteiger partial charge in [0.15, 0.2) is 0 Å². The Hall–Kier alpha value is -3.60. The Balaban J connectivity index is 0.000000270. The lowest BCUT2D eigenvalue weighted by Crippen LogP contribution is -2.41. The minimum Gasteiger partial charge on any atom is -0.744 e. The fraction of sp³-hybridized carbons (Fsp3) is 0.208.